The predicted molar refractivity (Wildman–Crippen MR) is 62.2 cm³/mol. The Hall–Kier alpha value is -1.39. The van der Waals surface area contributed by atoms with Crippen LogP contribution in [0.2, 0.25) is 0 Å². The lowest BCUT2D eigenvalue weighted by molar-refractivity contribution is -0.137. The Labute approximate surface area is 104 Å². The first kappa shape index (κ1) is 14.7. The number of aromatic nitrogens is 1. The molecule has 0 aliphatic carbocycles. The summed E-state index contributed by atoms with van der Waals surface area (Å²) in [6.07, 6.45) is -3.02. The van der Waals surface area contributed by atoms with E-state index < -0.39 is 11.7 Å². The van der Waals surface area contributed by atoms with E-state index in [1.807, 2.05) is 13.8 Å². The highest BCUT2D eigenvalue weighted by Crippen LogP contribution is 2.28. The zero-order valence-corrected chi connectivity index (χ0v) is 10.6. The number of alkyl halides is 3. The van der Waals surface area contributed by atoms with Crippen molar-refractivity contribution in [2.24, 2.45) is 11.8 Å². The Balaban J connectivity index is 2.82. The van der Waals surface area contributed by atoms with Crippen molar-refractivity contribution in [3.63, 3.8) is 0 Å². The fourth-order valence-electron chi connectivity index (χ4n) is 1.77. The first-order valence-corrected chi connectivity index (χ1v) is 5.79. The molecule has 0 aromatic carbocycles. The molecular formula is C13H16F3NO. The zero-order chi connectivity index (χ0) is 13.9. The third-order valence-corrected chi connectivity index (χ3v) is 2.62. The fraction of sp³-hybridized carbons (Fsp3) is 0.538. The Kier molecular flexibility index (Phi) is 4.48. The highest BCUT2D eigenvalue weighted by molar-refractivity contribution is 5.95. The highest BCUT2D eigenvalue weighted by atomic mass is 19.4. The van der Waals surface area contributed by atoms with Crippen molar-refractivity contribution in [2.75, 3.05) is 0 Å². The number of rotatable bonds is 4. The largest absolute Gasteiger partial charge is 0.417 e. The summed E-state index contributed by atoms with van der Waals surface area (Å²) in [7, 11) is 0. The van der Waals surface area contributed by atoms with Crippen molar-refractivity contribution in [1.82, 2.24) is 4.98 Å². The average molecular weight is 259 g/mol. The molecular weight excluding hydrogens is 243 g/mol. The van der Waals surface area contributed by atoms with Gasteiger partial charge in [-0.2, -0.15) is 13.2 Å². The molecule has 1 aromatic rings. The van der Waals surface area contributed by atoms with Crippen LogP contribution >= 0.6 is 0 Å². The van der Waals surface area contributed by atoms with Crippen molar-refractivity contribution in [1.29, 1.82) is 0 Å². The molecule has 0 saturated carbocycles. The van der Waals surface area contributed by atoms with E-state index in [0.29, 0.717) is 18.5 Å². The van der Waals surface area contributed by atoms with Crippen LogP contribution in [-0.4, -0.2) is 10.8 Å². The first-order valence-electron chi connectivity index (χ1n) is 5.79. The minimum Gasteiger partial charge on any atom is -0.292 e. The molecule has 18 heavy (non-hydrogen) atoms. The van der Waals surface area contributed by atoms with E-state index in [0.717, 1.165) is 12.1 Å². The van der Waals surface area contributed by atoms with Crippen molar-refractivity contribution in [3.05, 3.63) is 29.6 Å². The van der Waals surface area contributed by atoms with Crippen LogP contribution in [-0.2, 0) is 6.18 Å². The Bertz CT molecular complexity index is 409. The predicted octanol–water partition coefficient (Wildman–Crippen LogP) is 3.97. The molecule has 0 amide bonds. The Morgan fingerprint density at radius 3 is 2.28 bits per heavy atom. The minimum absolute atomic E-state index is 0.0937. The molecule has 1 atom stereocenters. The molecule has 1 heterocycles. The zero-order valence-electron chi connectivity index (χ0n) is 10.6. The van der Waals surface area contributed by atoms with Gasteiger partial charge in [-0.25, -0.2) is 0 Å². The van der Waals surface area contributed by atoms with Gasteiger partial charge in [0.05, 0.1) is 5.56 Å². The molecule has 0 radical (unpaired) electrons. The van der Waals surface area contributed by atoms with E-state index in [9.17, 15) is 18.0 Å². The number of hydrogen-bond donors (Lipinski definition) is 0. The lowest BCUT2D eigenvalue weighted by Gasteiger charge is -2.12. The van der Waals surface area contributed by atoms with Crippen molar-refractivity contribution in [2.45, 2.75) is 33.4 Å². The maximum atomic E-state index is 12.3. The first-order chi connectivity index (χ1) is 8.21. The maximum absolute atomic E-state index is 12.3. The number of halogens is 3. The standard InChI is InChI=1S/C13H16F3NO/c1-8(2)6-9(3)12(18)11-5-4-10(7-17-11)13(14,15)16/h4-5,7-9H,6H2,1-3H3. The van der Waals surface area contributed by atoms with Gasteiger partial charge in [0.1, 0.15) is 5.69 Å². The second-order valence-corrected chi connectivity index (χ2v) is 4.82. The average Bonchev–Trinajstić information content (AvgIpc) is 2.26. The molecule has 1 aromatic heterocycles. The molecule has 100 valence electrons. The number of nitrogens with zero attached hydrogens (tertiary/aromatic N) is 1. The smallest absolute Gasteiger partial charge is 0.292 e. The van der Waals surface area contributed by atoms with Gasteiger partial charge in [-0.15, -0.1) is 0 Å². The lowest BCUT2D eigenvalue weighted by atomic mass is 9.93. The van der Waals surface area contributed by atoms with E-state index in [1.165, 1.54) is 0 Å². The van der Waals surface area contributed by atoms with Gasteiger partial charge >= 0.3 is 6.18 Å². The SMILES string of the molecule is CC(C)CC(C)C(=O)c1ccc(C(F)(F)F)cn1. The molecule has 0 aliphatic heterocycles. The maximum Gasteiger partial charge on any atom is 0.417 e. The number of ketones is 1. The van der Waals surface area contributed by atoms with E-state index in [4.69, 9.17) is 0 Å². The van der Waals surface area contributed by atoms with E-state index in [2.05, 4.69) is 4.98 Å². The molecule has 0 bridgehead atoms. The topological polar surface area (TPSA) is 30.0 Å². The van der Waals surface area contributed by atoms with Gasteiger partial charge in [-0.05, 0) is 24.5 Å². The fourth-order valence-corrected chi connectivity index (χ4v) is 1.77. The van der Waals surface area contributed by atoms with Gasteiger partial charge in [-0.1, -0.05) is 20.8 Å². The van der Waals surface area contributed by atoms with Crippen LogP contribution in [0, 0.1) is 11.8 Å². The summed E-state index contributed by atoms with van der Waals surface area (Å²) in [6, 6.07) is 2.03. The lowest BCUT2D eigenvalue weighted by Crippen LogP contribution is -2.16. The second-order valence-electron chi connectivity index (χ2n) is 4.82. The van der Waals surface area contributed by atoms with Crippen LogP contribution in [0.1, 0.15) is 43.2 Å². The number of hydrogen-bond acceptors (Lipinski definition) is 2. The monoisotopic (exact) mass is 259 g/mol. The Morgan fingerprint density at radius 2 is 1.89 bits per heavy atom. The normalized spacial score (nSPS) is 13.7. The van der Waals surface area contributed by atoms with Crippen LogP contribution in [0.25, 0.3) is 0 Å². The number of pyridine rings is 1. The van der Waals surface area contributed by atoms with Crippen molar-refractivity contribution in [3.8, 4) is 0 Å². The summed E-state index contributed by atoms with van der Waals surface area (Å²) >= 11 is 0. The second kappa shape index (κ2) is 5.50. The van der Waals surface area contributed by atoms with Gasteiger partial charge in [-0.3, -0.25) is 9.78 Å². The molecule has 0 fully saturated rings. The third-order valence-electron chi connectivity index (χ3n) is 2.62. The summed E-state index contributed by atoms with van der Waals surface area (Å²) in [5, 5.41) is 0. The summed E-state index contributed by atoms with van der Waals surface area (Å²) in [5.74, 6) is -0.0786. The summed E-state index contributed by atoms with van der Waals surface area (Å²) in [6.45, 7) is 5.75. The molecule has 0 spiro atoms. The van der Waals surface area contributed by atoms with Gasteiger partial charge in [0.2, 0.25) is 0 Å². The quantitative estimate of drug-likeness (QED) is 0.766. The van der Waals surface area contributed by atoms with Gasteiger partial charge in [0.15, 0.2) is 5.78 Å². The minimum atomic E-state index is -4.42. The Morgan fingerprint density at radius 1 is 1.28 bits per heavy atom. The van der Waals surface area contributed by atoms with Gasteiger partial charge in [0, 0.05) is 12.1 Å². The van der Waals surface area contributed by atoms with Crippen molar-refractivity contribution >= 4 is 5.78 Å². The van der Waals surface area contributed by atoms with Gasteiger partial charge < -0.3 is 0 Å². The van der Waals surface area contributed by atoms with E-state index in [1.54, 1.807) is 6.92 Å². The van der Waals surface area contributed by atoms with Crippen LogP contribution in [0.15, 0.2) is 18.3 Å². The van der Waals surface area contributed by atoms with Crippen LogP contribution in [0.5, 0.6) is 0 Å². The third kappa shape index (κ3) is 3.82. The van der Waals surface area contributed by atoms with E-state index in [-0.39, 0.29) is 17.4 Å². The summed E-state index contributed by atoms with van der Waals surface area (Å²) in [5.41, 5.74) is -0.744. The molecule has 0 N–H and O–H groups in total. The molecule has 2 nitrogen and oxygen atoms in total. The number of carbonyl (C=O) groups is 1. The van der Waals surface area contributed by atoms with Gasteiger partial charge in [0.25, 0.3) is 0 Å². The van der Waals surface area contributed by atoms with Crippen LogP contribution < -0.4 is 0 Å². The summed E-state index contributed by atoms with van der Waals surface area (Å²) in [4.78, 5) is 15.5. The molecule has 1 rings (SSSR count). The molecule has 0 saturated heterocycles. The van der Waals surface area contributed by atoms with E-state index >= 15 is 0 Å². The molecule has 5 heteroatoms. The highest BCUT2D eigenvalue weighted by Gasteiger charge is 2.31. The van der Waals surface area contributed by atoms with Crippen LogP contribution in [0.4, 0.5) is 13.2 Å². The summed E-state index contributed by atoms with van der Waals surface area (Å²) < 4.78 is 37.0. The van der Waals surface area contributed by atoms with Crippen LogP contribution in [0.3, 0.4) is 0 Å². The molecule has 0 aliphatic rings. The number of carbonyl (C=O) groups excluding carboxylic acids is 1. The van der Waals surface area contributed by atoms with Crippen molar-refractivity contribution < 1.29 is 18.0 Å². The number of Topliss-reactive ketones (excluding diaryl/α,β-unsaturated/α-hetero) is 1. The molecule has 1 unspecified atom stereocenters.